The summed E-state index contributed by atoms with van der Waals surface area (Å²) >= 11 is 0. The third-order valence-corrected chi connectivity index (χ3v) is 3.05. The van der Waals surface area contributed by atoms with Gasteiger partial charge in [0.05, 0.1) is 18.7 Å². The summed E-state index contributed by atoms with van der Waals surface area (Å²) in [7, 11) is 1.54. The van der Waals surface area contributed by atoms with Crippen molar-refractivity contribution in [2.75, 3.05) is 19.0 Å². The minimum Gasteiger partial charge on any atom is -0.406 e. The second-order valence-corrected chi connectivity index (χ2v) is 4.78. The van der Waals surface area contributed by atoms with Crippen molar-refractivity contribution in [1.82, 2.24) is 9.78 Å². The van der Waals surface area contributed by atoms with Gasteiger partial charge in [-0.15, -0.1) is 13.2 Å². The van der Waals surface area contributed by atoms with E-state index in [4.69, 9.17) is 5.11 Å². The SMILES string of the molecule is C=Nc1nn(CCO)cc1/C(=N\C)Nc1ccc(OC(F)(F)F)cc1. The Balaban J connectivity index is 2.19. The monoisotopic (exact) mass is 355 g/mol. The molecule has 1 aromatic heterocycles. The fourth-order valence-corrected chi connectivity index (χ4v) is 2.03. The number of ether oxygens (including phenoxy) is 1. The van der Waals surface area contributed by atoms with Crippen molar-refractivity contribution in [2.45, 2.75) is 12.9 Å². The average molecular weight is 355 g/mol. The Morgan fingerprint density at radius 3 is 2.56 bits per heavy atom. The Bertz CT molecular complexity index is 754. The quantitative estimate of drug-likeness (QED) is 0.616. The van der Waals surface area contributed by atoms with E-state index in [0.29, 0.717) is 22.9 Å². The molecule has 25 heavy (non-hydrogen) atoms. The maximum Gasteiger partial charge on any atom is 0.573 e. The molecule has 0 aliphatic heterocycles. The van der Waals surface area contributed by atoms with Gasteiger partial charge in [-0.2, -0.15) is 5.10 Å². The van der Waals surface area contributed by atoms with Crippen LogP contribution in [-0.4, -0.2) is 47.5 Å². The van der Waals surface area contributed by atoms with E-state index in [9.17, 15) is 13.2 Å². The standard InChI is InChI=1S/C15H16F3N5O2/c1-19-13(12-9-23(7-8-24)22-14(12)20-2)21-10-3-5-11(6-4-10)25-15(16,17)18/h3-6,9,24H,2,7-8H2,1H3,(H,19,21). The molecule has 0 unspecified atom stereocenters. The molecule has 134 valence electrons. The topological polar surface area (TPSA) is 84.0 Å². The maximum absolute atomic E-state index is 12.2. The number of benzene rings is 1. The van der Waals surface area contributed by atoms with Gasteiger partial charge in [-0.05, 0) is 31.0 Å². The normalized spacial score (nSPS) is 12.1. The van der Waals surface area contributed by atoms with Crippen LogP contribution in [0.2, 0.25) is 0 Å². The average Bonchev–Trinajstić information content (AvgIpc) is 2.96. The lowest BCUT2D eigenvalue weighted by molar-refractivity contribution is -0.274. The Hall–Kier alpha value is -2.88. The minimum absolute atomic E-state index is 0.0929. The number of nitrogens with one attached hydrogen (secondary N) is 1. The molecular formula is C15H16F3N5O2. The molecule has 0 atom stereocenters. The molecule has 1 aromatic carbocycles. The molecule has 0 saturated heterocycles. The molecule has 0 aliphatic rings. The van der Waals surface area contributed by atoms with E-state index in [1.54, 1.807) is 13.2 Å². The number of nitrogens with zero attached hydrogens (tertiary/aromatic N) is 4. The first-order chi connectivity index (χ1) is 11.9. The zero-order valence-electron chi connectivity index (χ0n) is 13.3. The number of hydrogen-bond donors (Lipinski definition) is 2. The number of aliphatic imine (C=N–C) groups is 2. The highest BCUT2D eigenvalue weighted by molar-refractivity contribution is 6.10. The molecule has 0 aliphatic carbocycles. The fraction of sp³-hybridized carbons (Fsp3) is 0.267. The predicted molar refractivity (Wildman–Crippen MR) is 87.7 cm³/mol. The number of hydrogen-bond acceptors (Lipinski definition) is 5. The smallest absolute Gasteiger partial charge is 0.406 e. The molecule has 2 N–H and O–H groups in total. The van der Waals surface area contributed by atoms with Gasteiger partial charge < -0.3 is 15.2 Å². The lowest BCUT2D eigenvalue weighted by Gasteiger charge is -2.11. The molecule has 2 aromatic rings. The Labute approximate surface area is 141 Å². The van der Waals surface area contributed by atoms with Crippen molar-refractivity contribution in [1.29, 1.82) is 0 Å². The van der Waals surface area contributed by atoms with Crippen LogP contribution in [0.5, 0.6) is 5.75 Å². The van der Waals surface area contributed by atoms with Crippen LogP contribution >= 0.6 is 0 Å². The lowest BCUT2D eigenvalue weighted by atomic mass is 10.2. The van der Waals surface area contributed by atoms with Crippen molar-refractivity contribution in [3.8, 4) is 5.75 Å². The van der Waals surface area contributed by atoms with E-state index in [1.165, 1.54) is 28.9 Å². The number of aliphatic hydroxyl groups is 1. The van der Waals surface area contributed by atoms with E-state index < -0.39 is 6.36 Å². The van der Waals surface area contributed by atoms with Gasteiger partial charge in [-0.3, -0.25) is 9.67 Å². The van der Waals surface area contributed by atoms with Crippen LogP contribution in [-0.2, 0) is 6.54 Å². The van der Waals surface area contributed by atoms with Gasteiger partial charge in [0.15, 0.2) is 5.82 Å². The Morgan fingerprint density at radius 1 is 1.36 bits per heavy atom. The summed E-state index contributed by atoms with van der Waals surface area (Å²) in [5.41, 5.74) is 1.04. The highest BCUT2D eigenvalue weighted by Crippen LogP contribution is 2.25. The Morgan fingerprint density at radius 2 is 2.04 bits per heavy atom. The van der Waals surface area contributed by atoms with Gasteiger partial charge >= 0.3 is 6.36 Å². The number of anilines is 1. The lowest BCUT2D eigenvalue weighted by Crippen LogP contribution is -2.17. The molecule has 1 heterocycles. The molecule has 0 amide bonds. The van der Waals surface area contributed by atoms with E-state index in [2.05, 4.69) is 31.9 Å². The van der Waals surface area contributed by atoms with Crippen molar-refractivity contribution in [3.63, 3.8) is 0 Å². The second-order valence-electron chi connectivity index (χ2n) is 4.78. The highest BCUT2D eigenvalue weighted by atomic mass is 19.4. The summed E-state index contributed by atoms with van der Waals surface area (Å²) in [4.78, 5) is 7.92. The third kappa shape index (κ3) is 5.05. The van der Waals surface area contributed by atoms with Gasteiger partial charge in [0.2, 0.25) is 0 Å². The predicted octanol–water partition coefficient (Wildman–Crippen LogP) is 2.59. The minimum atomic E-state index is -4.74. The first kappa shape index (κ1) is 18.5. The van der Waals surface area contributed by atoms with Crippen LogP contribution < -0.4 is 10.1 Å². The maximum atomic E-state index is 12.2. The number of aromatic nitrogens is 2. The molecule has 7 nitrogen and oxygen atoms in total. The van der Waals surface area contributed by atoms with E-state index in [-0.39, 0.29) is 18.9 Å². The van der Waals surface area contributed by atoms with Crippen molar-refractivity contribution < 1.29 is 23.0 Å². The van der Waals surface area contributed by atoms with Crippen LogP contribution in [0.1, 0.15) is 5.56 Å². The zero-order chi connectivity index (χ0) is 18.4. The largest absolute Gasteiger partial charge is 0.573 e. The first-order valence-corrected chi connectivity index (χ1v) is 7.11. The van der Waals surface area contributed by atoms with Crippen LogP contribution in [0.3, 0.4) is 0 Å². The molecule has 2 rings (SSSR count). The van der Waals surface area contributed by atoms with Crippen LogP contribution in [0.15, 0.2) is 40.4 Å². The van der Waals surface area contributed by atoms with E-state index >= 15 is 0 Å². The zero-order valence-corrected chi connectivity index (χ0v) is 13.3. The molecule has 0 bridgehead atoms. The van der Waals surface area contributed by atoms with Crippen molar-refractivity contribution in [3.05, 3.63) is 36.0 Å². The second kappa shape index (κ2) is 7.79. The fourth-order valence-electron chi connectivity index (χ4n) is 2.03. The number of amidine groups is 1. The van der Waals surface area contributed by atoms with Gasteiger partial charge in [-0.25, -0.2) is 4.99 Å². The molecule has 0 spiro atoms. The summed E-state index contributed by atoms with van der Waals surface area (Å²) in [6.45, 7) is 3.63. The molecular weight excluding hydrogens is 339 g/mol. The number of alkyl halides is 3. The molecule has 0 fully saturated rings. The van der Waals surface area contributed by atoms with Crippen molar-refractivity contribution >= 4 is 24.1 Å². The summed E-state index contributed by atoms with van der Waals surface area (Å²) in [6.07, 6.45) is -3.10. The van der Waals surface area contributed by atoms with E-state index in [1.807, 2.05) is 0 Å². The molecule has 0 saturated carbocycles. The molecule has 10 heteroatoms. The van der Waals surface area contributed by atoms with Gasteiger partial charge in [0, 0.05) is 18.9 Å². The Kier molecular flexibility index (Phi) is 5.75. The summed E-state index contributed by atoms with van der Waals surface area (Å²) < 4.78 is 41.8. The highest BCUT2D eigenvalue weighted by Gasteiger charge is 2.30. The van der Waals surface area contributed by atoms with Gasteiger partial charge in [0.1, 0.15) is 11.6 Å². The van der Waals surface area contributed by atoms with Gasteiger partial charge in [-0.1, -0.05) is 0 Å². The molecule has 0 radical (unpaired) electrons. The summed E-state index contributed by atoms with van der Waals surface area (Å²) in [5.74, 6) is 0.395. The third-order valence-electron chi connectivity index (χ3n) is 3.05. The number of halogens is 3. The first-order valence-electron chi connectivity index (χ1n) is 7.11. The summed E-state index contributed by atoms with van der Waals surface area (Å²) in [6, 6.07) is 5.22. The van der Waals surface area contributed by atoms with Crippen molar-refractivity contribution in [2.24, 2.45) is 9.98 Å². The van der Waals surface area contributed by atoms with Gasteiger partial charge in [0.25, 0.3) is 0 Å². The number of aliphatic hydroxyl groups excluding tert-OH is 1. The van der Waals surface area contributed by atoms with Crippen LogP contribution in [0.4, 0.5) is 24.7 Å². The van der Waals surface area contributed by atoms with Crippen LogP contribution in [0.25, 0.3) is 0 Å². The number of rotatable bonds is 6. The van der Waals surface area contributed by atoms with Crippen LogP contribution in [0, 0.1) is 0 Å². The summed E-state index contributed by atoms with van der Waals surface area (Å²) in [5, 5.41) is 16.1. The van der Waals surface area contributed by atoms with E-state index in [0.717, 1.165) is 0 Å².